The lowest BCUT2D eigenvalue weighted by molar-refractivity contribution is 0.101. The maximum absolute atomic E-state index is 13.1. The molecule has 0 saturated carbocycles. The first-order valence-corrected chi connectivity index (χ1v) is 9.78. The molecule has 1 fully saturated rings. The molecule has 0 bridgehead atoms. The Morgan fingerprint density at radius 1 is 1.00 bits per heavy atom. The molecule has 1 saturated heterocycles. The Hall–Kier alpha value is -3.67. The maximum Gasteiger partial charge on any atom is 0.272 e. The van der Waals surface area contributed by atoms with Gasteiger partial charge in [-0.05, 0) is 42.3 Å². The number of amides is 1. The predicted octanol–water partition coefficient (Wildman–Crippen LogP) is 3.94. The van der Waals surface area contributed by atoms with Crippen molar-refractivity contribution in [3.8, 4) is 0 Å². The summed E-state index contributed by atoms with van der Waals surface area (Å²) < 4.78 is 1.96. The molecule has 0 atom stereocenters. The average Bonchev–Trinajstić information content (AvgIpc) is 3.08. The quantitative estimate of drug-likeness (QED) is 0.567. The van der Waals surface area contributed by atoms with Crippen LogP contribution in [0.15, 0.2) is 73.1 Å². The predicted molar refractivity (Wildman–Crippen MR) is 114 cm³/mol. The minimum absolute atomic E-state index is 0.169. The van der Waals surface area contributed by atoms with Gasteiger partial charge < -0.3 is 14.8 Å². The standard InChI is InChI=1S/C23H21N5O/c29-23(26-19-9-10-21(25-15-19)27-12-5-13-27)20-14-18-8-4-11-24-22(18)28(20)16-17-6-2-1-3-7-17/h1-4,6-11,14-15H,5,12-13,16H2,(H,26,29). The van der Waals surface area contributed by atoms with Gasteiger partial charge in [-0.3, -0.25) is 4.79 Å². The minimum Gasteiger partial charge on any atom is -0.356 e. The summed E-state index contributed by atoms with van der Waals surface area (Å²) in [6, 6.07) is 19.7. The third-order valence-electron chi connectivity index (χ3n) is 5.26. The molecule has 6 heteroatoms. The van der Waals surface area contributed by atoms with Crippen LogP contribution in [0.1, 0.15) is 22.5 Å². The van der Waals surface area contributed by atoms with E-state index in [2.05, 4.69) is 32.3 Å². The van der Waals surface area contributed by atoms with Gasteiger partial charge in [-0.25, -0.2) is 9.97 Å². The molecule has 0 unspecified atom stereocenters. The number of rotatable bonds is 5. The first kappa shape index (κ1) is 17.4. The Labute approximate surface area is 168 Å². The molecule has 0 spiro atoms. The van der Waals surface area contributed by atoms with Gasteiger partial charge in [0.1, 0.15) is 17.2 Å². The lowest BCUT2D eigenvalue weighted by Gasteiger charge is -2.31. The summed E-state index contributed by atoms with van der Waals surface area (Å²) in [5.74, 6) is 0.786. The van der Waals surface area contributed by atoms with Crippen LogP contribution in [0.4, 0.5) is 11.5 Å². The summed E-state index contributed by atoms with van der Waals surface area (Å²) >= 11 is 0. The molecular weight excluding hydrogens is 362 g/mol. The summed E-state index contributed by atoms with van der Waals surface area (Å²) in [6.07, 6.45) is 4.68. The van der Waals surface area contributed by atoms with Gasteiger partial charge in [0.05, 0.1) is 11.9 Å². The summed E-state index contributed by atoms with van der Waals surface area (Å²) in [5, 5.41) is 3.92. The number of anilines is 2. The van der Waals surface area contributed by atoms with Crippen LogP contribution in [0.25, 0.3) is 11.0 Å². The van der Waals surface area contributed by atoms with Crippen molar-refractivity contribution in [2.45, 2.75) is 13.0 Å². The molecule has 3 aromatic heterocycles. The van der Waals surface area contributed by atoms with Crippen molar-refractivity contribution in [3.05, 3.63) is 84.3 Å². The Morgan fingerprint density at radius 2 is 1.86 bits per heavy atom. The lowest BCUT2D eigenvalue weighted by Crippen LogP contribution is -2.37. The number of nitrogens with one attached hydrogen (secondary N) is 1. The molecule has 4 aromatic rings. The zero-order valence-corrected chi connectivity index (χ0v) is 16.0. The van der Waals surface area contributed by atoms with Crippen LogP contribution in [0.2, 0.25) is 0 Å². The van der Waals surface area contributed by atoms with Crippen LogP contribution in [0.3, 0.4) is 0 Å². The molecule has 0 aliphatic carbocycles. The van der Waals surface area contributed by atoms with Gasteiger partial charge in [0.2, 0.25) is 0 Å². The van der Waals surface area contributed by atoms with Crippen molar-refractivity contribution in [1.29, 1.82) is 0 Å². The van der Waals surface area contributed by atoms with Crippen LogP contribution >= 0.6 is 0 Å². The molecular formula is C23H21N5O. The van der Waals surface area contributed by atoms with E-state index in [1.807, 2.05) is 53.1 Å². The largest absolute Gasteiger partial charge is 0.356 e. The van der Waals surface area contributed by atoms with Gasteiger partial charge in [-0.1, -0.05) is 30.3 Å². The highest BCUT2D eigenvalue weighted by molar-refractivity contribution is 6.06. The highest BCUT2D eigenvalue weighted by Gasteiger charge is 2.18. The van der Waals surface area contributed by atoms with Gasteiger partial charge in [-0.15, -0.1) is 0 Å². The van der Waals surface area contributed by atoms with E-state index in [-0.39, 0.29) is 5.91 Å². The number of pyridine rings is 2. The Bertz CT molecular complexity index is 1150. The van der Waals surface area contributed by atoms with E-state index < -0.39 is 0 Å². The van der Waals surface area contributed by atoms with E-state index in [0.29, 0.717) is 17.9 Å². The number of fused-ring (bicyclic) bond motifs is 1. The number of nitrogens with zero attached hydrogens (tertiary/aromatic N) is 4. The molecule has 29 heavy (non-hydrogen) atoms. The fraction of sp³-hybridized carbons (Fsp3) is 0.174. The Kier molecular flexibility index (Phi) is 4.44. The SMILES string of the molecule is O=C(Nc1ccc(N2CCC2)nc1)c1cc2cccnc2n1Cc1ccccc1. The number of carbonyl (C=O) groups is 1. The van der Waals surface area contributed by atoms with Crippen molar-refractivity contribution in [3.63, 3.8) is 0 Å². The van der Waals surface area contributed by atoms with Gasteiger partial charge in [0.15, 0.2) is 0 Å². The van der Waals surface area contributed by atoms with Crippen molar-refractivity contribution in [1.82, 2.24) is 14.5 Å². The van der Waals surface area contributed by atoms with E-state index in [1.54, 1.807) is 12.4 Å². The summed E-state index contributed by atoms with van der Waals surface area (Å²) in [5.41, 5.74) is 3.18. The smallest absolute Gasteiger partial charge is 0.272 e. The van der Waals surface area contributed by atoms with Crippen LogP contribution < -0.4 is 10.2 Å². The van der Waals surface area contributed by atoms with Crippen molar-refractivity contribution >= 4 is 28.4 Å². The number of benzene rings is 1. The fourth-order valence-electron chi connectivity index (χ4n) is 3.59. The van der Waals surface area contributed by atoms with E-state index in [4.69, 9.17) is 0 Å². The van der Waals surface area contributed by atoms with Crippen LogP contribution in [0.5, 0.6) is 0 Å². The van der Waals surface area contributed by atoms with Crippen molar-refractivity contribution < 1.29 is 4.79 Å². The molecule has 1 N–H and O–H groups in total. The molecule has 144 valence electrons. The first-order chi connectivity index (χ1) is 14.3. The summed E-state index contributed by atoms with van der Waals surface area (Å²) in [7, 11) is 0. The topological polar surface area (TPSA) is 63.1 Å². The molecule has 1 amide bonds. The van der Waals surface area contributed by atoms with Crippen LogP contribution in [-0.4, -0.2) is 33.5 Å². The Balaban J connectivity index is 1.44. The second-order valence-corrected chi connectivity index (χ2v) is 7.22. The third-order valence-corrected chi connectivity index (χ3v) is 5.26. The highest BCUT2D eigenvalue weighted by atomic mass is 16.2. The monoisotopic (exact) mass is 383 g/mol. The number of aromatic nitrogens is 3. The van der Waals surface area contributed by atoms with Crippen LogP contribution in [0, 0.1) is 0 Å². The van der Waals surface area contributed by atoms with Crippen molar-refractivity contribution in [2.24, 2.45) is 0 Å². The lowest BCUT2D eigenvalue weighted by atomic mass is 10.2. The van der Waals surface area contributed by atoms with Gasteiger partial charge in [0.25, 0.3) is 5.91 Å². The van der Waals surface area contributed by atoms with Crippen molar-refractivity contribution in [2.75, 3.05) is 23.3 Å². The second-order valence-electron chi connectivity index (χ2n) is 7.22. The zero-order valence-electron chi connectivity index (χ0n) is 16.0. The molecule has 4 heterocycles. The molecule has 0 radical (unpaired) electrons. The number of hydrogen-bond donors (Lipinski definition) is 1. The molecule has 1 aromatic carbocycles. The zero-order chi connectivity index (χ0) is 19.6. The summed E-state index contributed by atoms with van der Waals surface area (Å²) in [4.78, 5) is 24.3. The normalized spacial score (nSPS) is 13.3. The van der Waals surface area contributed by atoms with E-state index in [1.165, 1.54) is 6.42 Å². The number of hydrogen-bond acceptors (Lipinski definition) is 4. The van der Waals surface area contributed by atoms with Gasteiger partial charge in [0, 0.05) is 31.2 Å². The van der Waals surface area contributed by atoms with E-state index in [0.717, 1.165) is 35.5 Å². The summed E-state index contributed by atoms with van der Waals surface area (Å²) in [6.45, 7) is 2.67. The second kappa shape index (κ2) is 7.39. The maximum atomic E-state index is 13.1. The first-order valence-electron chi connectivity index (χ1n) is 9.78. The highest BCUT2D eigenvalue weighted by Crippen LogP contribution is 2.22. The molecule has 6 nitrogen and oxygen atoms in total. The number of carbonyl (C=O) groups excluding carboxylic acids is 1. The minimum atomic E-state index is -0.169. The molecule has 5 rings (SSSR count). The van der Waals surface area contributed by atoms with Gasteiger partial charge >= 0.3 is 0 Å². The molecule has 1 aliphatic rings. The van der Waals surface area contributed by atoms with Gasteiger partial charge in [-0.2, -0.15) is 0 Å². The fourth-order valence-corrected chi connectivity index (χ4v) is 3.59. The van der Waals surface area contributed by atoms with Crippen LogP contribution in [-0.2, 0) is 6.54 Å². The molecule has 1 aliphatic heterocycles. The average molecular weight is 383 g/mol. The van der Waals surface area contributed by atoms with E-state index >= 15 is 0 Å². The third kappa shape index (κ3) is 3.45. The van der Waals surface area contributed by atoms with E-state index in [9.17, 15) is 4.79 Å². The Morgan fingerprint density at radius 3 is 2.59 bits per heavy atom.